The van der Waals surface area contributed by atoms with E-state index in [2.05, 4.69) is 10.4 Å². The Balaban J connectivity index is 2.01. The van der Waals surface area contributed by atoms with Crippen molar-refractivity contribution >= 4 is 11.7 Å². The van der Waals surface area contributed by atoms with E-state index in [0.29, 0.717) is 11.4 Å². The molecule has 0 N–H and O–H groups in total. The summed E-state index contributed by atoms with van der Waals surface area (Å²) in [5, 5.41) is 7.56. The fourth-order valence-electron chi connectivity index (χ4n) is 2.42. The van der Waals surface area contributed by atoms with Gasteiger partial charge in [0.05, 0.1) is 5.69 Å². The number of anilines is 1. The molecule has 1 heterocycles. The second-order valence-electron chi connectivity index (χ2n) is 5.50. The number of aromatic nitrogens is 4. The number of nitrogens with zero attached hydrogens (tertiary/aromatic N) is 5. The Bertz CT molecular complexity index is 884. The molecule has 0 aliphatic heterocycles. The number of carbonyl (C=O) groups excluding carboxylic acids is 1. The van der Waals surface area contributed by atoms with Crippen molar-refractivity contribution in [2.24, 2.45) is 0 Å². The minimum atomic E-state index is -0.604. The zero-order chi connectivity index (χ0) is 17.1. The van der Waals surface area contributed by atoms with Crippen LogP contribution in [0.4, 0.5) is 10.5 Å². The number of carbonyl (C=O) groups is 1. The summed E-state index contributed by atoms with van der Waals surface area (Å²) in [6.07, 6.45) is 0. The van der Waals surface area contributed by atoms with Gasteiger partial charge in [-0.05, 0) is 48.5 Å². The summed E-state index contributed by atoms with van der Waals surface area (Å²) in [5.74, 6) is 0. The van der Waals surface area contributed by atoms with Crippen LogP contribution in [-0.2, 0) is 0 Å². The number of para-hydroxylation sites is 2. The van der Waals surface area contributed by atoms with Crippen molar-refractivity contribution in [1.82, 2.24) is 19.8 Å². The van der Waals surface area contributed by atoms with Crippen LogP contribution in [0.3, 0.4) is 0 Å². The lowest BCUT2D eigenvalue weighted by atomic mass is 10.2. The van der Waals surface area contributed by atoms with Gasteiger partial charge in [0.15, 0.2) is 0 Å². The predicted octanol–water partition coefficient (Wildman–Crippen LogP) is 2.31. The quantitative estimate of drug-likeness (QED) is 0.693. The molecule has 1 aromatic heterocycles. The number of hydrogen-bond acceptors (Lipinski definition) is 4. The molecule has 24 heavy (non-hydrogen) atoms. The summed E-state index contributed by atoms with van der Waals surface area (Å²) < 4.78 is 1.88. The Hall–Kier alpha value is -3.22. The molecule has 1 amide bonds. The van der Waals surface area contributed by atoms with Crippen LogP contribution in [0.2, 0.25) is 0 Å². The molecule has 0 aliphatic rings. The van der Waals surface area contributed by atoms with Crippen LogP contribution in [-0.4, -0.2) is 31.9 Å². The van der Waals surface area contributed by atoms with Crippen LogP contribution in [0.25, 0.3) is 5.69 Å². The van der Waals surface area contributed by atoms with Crippen molar-refractivity contribution in [3.8, 4) is 5.69 Å². The molecule has 0 saturated heterocycles. The molecule has 3 aromatic rings. The smallest absolute Gasteiger partial charge is 0.290 e. The number of benzene rings is 2. The van der Waals surface area contributed by atoms with Gasteiger partial charge in [0.1, 0.15) is 0 Å². The molecule has 0 radical (unpaired) electrons. The molecule has 0 spiro atoms. The van der Waals surface area contributed by atoms with E-state index in [0.717, 1.165) is 9.36 Å². The SMILES string of the molecule is CC(C)N(C(=O)n1nnn(-c2ccccc2)c1=O)c1ccccc1. The lowest BCUT2D eigenvalue weighted by Crippen LogP contribution is -2.44. The molecule has 0 bridgehead atoms. The number of hydrogen-bond donors (Lipinski definition) is 0. The van der Waals surface area contributed by atoms with Gasteiger partial charge in [-0.1, -0.05) is 36.4 Å². The van der Waals surface area contributed by atoms with Gasteiger partial charge in [-0.2, -0.15) is 4.68 Å². The highest BCUT2D eigenvalue weighted by molar-refractivity contribution is 5.93. The molecule has 122 valence electrons. The Morgan fingerprint density at radius 1 is 0.958 bits per heavy atom. The summed E-state index contributed by atoms with van der Waals surface area (Å²) in [6.45, 7) is 3.75. The van der Waals surface area contributed by atoms with Gasteiger partial charge in [0, 0.05) is 11.7 Å². The third kappa shape index (κ3) is 2.83. The number of rotatable bonds is 3. The molecule has 0 atom stereocenters. The van der Waals surface area contributed by atoms with Crippen LogP contribution in [0.5, 0.6) is 0 Å². The molecule has 2 aromatic carbocycles. The summed E-state index contributed by atoms with van der Waals surface area (Å²) >= 11 is 0. The van der Waals surface area contributed by atoms with Crippen molar-refractivity contribution in [2.45, 2.75) is 19.9 Å². The standard InChI is InChI=1S/C17H17N5O2/c1-13(2)20(14-9-5-3-6-10-14)16(23)22-17(24)21(18-19-22)15-11-7-4-8-12-15/h3-13H,1-2H3. The average molecular weight is 323 g/mol. The molecule has 0 fully saturated rings. The van der Waals surface area contributed by atoms with E-state index in [-0.39, 0.29) is 6.04 Å². The fraction of sp³-hybridized carbons (Fsp3) is 0.176. The predicted molar refractivity (Wildman–Crippen MR) is 90.5 cm³/mol. The summed E-state index contributed by atoms with van der Waals surface area (Å²) in [5.41, 5.74) is 0.642. The summed E-state index contributed by atoms with van der Waals surface area (Å²) in [7, 11) is 0. The topological polar surface area (TPSA) is 73.0 Å². The first-order valence-electron chi connectivity index (χ1n) is 7.58. The van der Waals surface area contributed by atoms with Gasteiger partial charge in [-0.15, -0.1) is 4.68 Å². The first kappa shape index (κ1) is 15.7. The van der Waals surface area contributed by atoms with Gasteiger partial charge in [0.25, 0.3) is 0 Å². The Kier molecular flexibility index (Phi) is 4.24. The molecule has 7 nitrogen and oxygen atoms in total. The number of amides is 1. The maximum Gasteiger partial charge on any atom is 0.377 e. The lowest BCUT2D eigenvalue weighted by molar-refractivity contribution is 0.242. The molecule has 0 unspecified atom stereocenters. The molecule has 0 aliphatic carbocycles. The van der Waals surface area contributed by atoms with E-state index in [4.69, 9.17) is 0 Å². The molecular weight excluding hydrogens is 306 g/mol. The lowest BCUT2D eigenvalue weighted by Gasteiger charge is -2.25. The highest BCUT2D eigenvalue weighted by Crippen LogP contribution is 2.17. The Morgan fingerprint density at radius 3 is 2.12 bits per heavy atom. The minimum Gasteiger partial charge on any atom is -0.290 e. The largest absolute Gasteiger partial charge is 0.377 e. The van der Waals surface area contributed by atoms with Gasteiger partial charge in [-0.3, -0.25) is 4.90 Å². The average Bonchev–Trinajstić information content (AvgIpc) is 2.98. The Morgan fingerprint density at radius 2 is 1.54 bits per heavy atom. The zero-order valence-electron chi connectivity index (χ0n) is 13.4. The van der Waals surface area contributed by atoms with E-state index >= 15 is 0 Å². The second kappa shape index (κ2) is 6.49. The fourth-order valence-corrected chi connectivity index (χ4v) is 2.42. The maximum absolute atomic E-state index is 12.8. The molecule has 0 saturated carbocycles. The van der Waals surface area contributed by atoms with Crippen LogP contribution < -0.4 is 10.6 Å². The van der Waals surface area contributed by atoms with Crippen LogP contribution in [0.15, 0.2) is 65.5 Å². The van der Waals surface area contributed by atoms with Crippen molar-refractivity contribution in [1.29, 1.82) is 0 Å². The highest BCUT2D eigenvalue weighted by Gasteiger charge is 2.25. The molecule has 7 heteroatoms. The van der Waals surface area contributed by atoms with E-state index in [1.807, 2.05) is 50.2 Å². The van der Waals surface area contributed by atoms with E-state index in [1.165, 1.54) is 4.90 Å². The normalized spacial score (nSPS) is 10.8. The third-order valence-electron chi connectivity index (χ3n) is 3.52. The first-order chi connectivity index (χ1) is 11.6. The van der Waals surface area contributed by atoms with Crippen LogP contribution in [0.1, 0.15) is 13.8 Å². The summed E-state index contributed by atoms with van der Waals surface area (Å²) in [4.78, 5) is 26.9. The van der Waals surface area contributed by atoms with Crippen molar-refractivity contribution in [2.75, 3.05) is 4.90 Å². The Labute approximate surface area is 138 Å². The maximum atomic E-state index is 12.8. The van der Waals surface area contributed by atoms with E-state index < -0.39 is 11.7 Å². The van der Waals surface area contributed by atoms with Gasteiger partial charge < -0.3 is 0 Å². The van der Waals surface area contributed by atoms with Crippen molar-refractivity contribution in [3.63, 3.8) is 0 Å². The van der Waals surface area contributed by atoms with E-state index in [1.54, 1.807) is 24.3 Å². The molecular formula is C17H17N5O2. The summed E-state index contributed by atoms with van der Waals surface area (Å²) in [6, 6.07) is 17.3. The number of tetrazole rings is 1. The van der Waals surface area contributed by atoms with Gasteiger partial charge >= 0.3 is 11.7 Å². The van der Waals surface area contributed by atoms with Gasteiger partial charge in [0.2, 0.25) is 0 Å². The third-order valence-corrected chi connectivity index (χ3v) is 3.52. The highest BCUT2D eigenvalue weighted by atomic mass is 16.2. The van der Waals surface area contributed by atoms with Crippen LogP contribution >= 0.6 is 0 Å². The second-order valence-corrected chi connectivity index (χ2v) is 5.50. The first-order valence-corrected chi connectivity index (χ1v) is 7.58. The van der Waals surface area contributed by atoms with Crippen molar-refractivity contribution in [3.05, 3.63) is 71.1 Å². The zero-order valence-corrected chi connectivity index (χ0v) is 13.4. The monoisotopic (exact) mass is 323 g/mol. The van der Waals surface area contributed by atoms with Gasteiger partial charge in [-0.25, -0.2) is 9.59 Å². The van der Waals surface area contributed by atoms with Crippen LogP contribution in [0, 0.1) is 0 Å². The van der Waals surface area contributed by atoms with E-state index in [9.17, 15) is 9.59 Å². The van der Waals surface area contributed by atoms with Crippen molar-refractivity contribution < 1.29 is 4.79 Å². The molecule has 3 rings (SSSR count). The minimum absolute atomic E-state index is 0.145.